The molecule has 2 fully saturated rings. The molecule has 0 bridgehead atoms. The largest absolute Gasteiger partial charge is 0.444 e. The Bertz CT molecular complexity index is 356. The fourth-order valence-corrected chi connectivity index (χ4v) is 3.24. The monoisotopic (exact) mass is 253 g/mol. The molecule has 0 saturated heterocycles. The van der Waals surface area contributed by atoms with Gasteiger partial charge in [-0.2, -0.15) is 0 Å². The van der Waals surface area contributed by atoms with Crippen molar-refractivity contribution in [2.24, 2.45) is 5.41 Å². The molecular formula is C14H23NO3. The number of hydrogen-bond acceptors (Lipinski definition) is 3. The van der Waals surface area contributed by atoms with E-state index in [-0.39, 0.29) is 17.6 Å². The maximum atomic E-state index is 11.6. The summed E-state index contributed by atoms with van der Waals surface area (Å²) in [6.07, 6.45) is 4.70. The molecule has 102 valence electrons. The second-order valence-corrected chi connectivity index (χ2v) is 6.91. The predicted molar refractivity (Wildman–Crippen MR) is 69.2 cm³/mol. The fourth-order valence-electron chi connectivity index (χ4n) is 3.24. The smallest absolute Gasteiger partial charge is 0.407 e. The van der Waals surface area contributed by atoms with Gasteiger partial charge in [-0.25, -0.2) is 4.79 Å². The van der Waals surface area contributed by atoms with Crippen LogP contribution in [0, 0.1) is 5.41 Å². The van der Waals surface area contributed by atoms with Gasteiger partial charge < -0.3 is 15.2 Å². The number of amides is 1. The molecule has 0 radical (unpaired) electrons. The van der Waals surface area contributed by atoms with E-state index in [1.54, 1.807) is 6.08 Å². The number of ether oxygens (including phenoxy) is 1. The average molecular weight is 253 g/mol. The minimum Gasteiger partial charge on any atom is -0.444 e. The maximum absolute atomic E-state index is 11.6. The number of aliphatic hydroxyl groups is 1. The third kappa shape index (κ3) is 2.69. The van der Waals surface area contributed by atoms with Crippen LogP contribution in [0.1, 0.15) is 46.5 Å². The van der Waals surface area contributed by atoms with Gasteiger partial charge in [-0.05, 0) is 51.9 Å². The molecular weight excluding hydrogens is 230 g/mol. The van der Waals surface area contributed by atoms with E-state index < -0.39 is 11.2 Å². The van der Waals surface area contributed by atoms with E-state index in [0.29, 0.717) is 0 Å². The second kappa shape index (κ2) is 3.98. The van der Waals surface area contributed by atoms with Crippen LogP contribution in [0.5, 0.6) is 0 Å². The van der Waals surface area contributed by atoms with Crippen molar-refractivity contribution in [2.75, 3.05) is 0 Å². The summed E-state index contributed by atoms with van der Waals surface area (Å²) in [7, 11) is 0. The lowest BCUT2D eigenvalue weighted by molar-refractivity contribution is -0.142. The van der Waals surface area contributed by atoms with Crippen molar-refractivity contribution in [1.29, 1.82) is 0 Å². The first-order valence-electron chi connectivity index (χ1n) is 6.51. The van der Waals surface area contributed by atoms with Crippen LogP contribution >= 0.6 is 0 Å². The van der Waals surface area contributed by atoms with Gasteiger partial charge in [0.05, 0.1) is 5.60 Å². The Kier molecular flexibility index (Phi) is 2.97. The predicted octanol–water partition coefficient (Wildman–Crippen LogP) is 2.37. The highest BCUT2D eigenvalue weighted by molar-refractivity contribution is 5.68. The summed E-state index contributed by atoms with van der Waals surface area (Å²) in [5, 5.41) is 12.8. The summed E-state index contributed by atoms with van der Waals surface area (Å²) in [5.41, 5.74) is -0.898. The molecule has 1 spiro atoms. The summed E-state index contributed by atoms with van der Waals surface area (Å²) in [6, 6.07) is 0.189. The van der Waals surface area contributed by atoms with Crippen molar-refractivity contribution in [1.82, 2.24) is 5.32 Å². The molecule has 0 atom stereocenters. The van der Waals surface area contributed by atoms with Crippen molar-refractivity contribution in [3.8, 4) is 0 Å². The zero-order valence-electron chi connectivity index (χ0n) is 11.5. The molecule has 0 aromatic heterocycles. The molecule has 4 heteroatoms. The summed E-state index contributed by atoms with van der Waals surface area (Å²) in [4.78, 5) is 11.6. The number of hydrogen-bond donors (Lipinski definition) is 2. The molecule has 2 saturated carbocycles. The van der Waals surface area contributed by atoms with E-state index >= 15 is 0 Å². The molecule has 0 aromatic rings. The Morgan fingerprint density at radius 3 is 2.44 bits per heavy atom. The van der Waals surface area contributed by atoms with Gasteiger partial charge in [0.25, 0.3) is 0 Å². The van der Waals surface area contributed by atoms with Gasteiger partial charge in [0.15, 0.2) is 0 Å². The molecule has 1 amide bonds. The van der Waals surface area contributed by atoms with Crippen molar-refractivity contribution >= 4 is 6.09 Å². The lowest BCUT2D eigenvalue weighted by Crippen LogP contribution is -2.62. The number of rotatable bonds is 2. The third-order valence-corrected chi connectivity index (χ3v) is 3.82. The third-order valence-electron chi connectivity index (χ3n) is 3.82. The van der Waals surface area contributed by atoms with Gasteiger partial charge in [-0.1, -0.05) is 6.08 Å². The average Bonchev–Trinajstić information content (AvgIpc) is 2.08. The first-order chi connectivity index (χ1) is 8.15. The van der Waals surface area contributed by atoms with Gasteiger partial charge in [0, 0.05) is 6.04 Å². The Hall–Kier alpha value is -1.03. The molecule has 0 unspecified atom stereocenters. The molecule has 2 aliphatic carbocycles. The lowest BCUT2D eigenvalue weighted by atomic mass is 9.48. The number of carbonyl (C=O) groups is 1. The number of nitrogens with one attached hydrogen (secondary N) is 1. The first kappa shape index (κ1) is 13.4. The molecule has 0 aromatic carbocycles. The van der Waals surface area contributed by atoms with E-state index in [9.17, 15) is 9.90 Å². The van der Waals surface area contributed by atoms with E-state index in [2.05, 4.69) is 11.9 Å². The van der Waals surface area contributed by atoms with Crippen molar-refractivity contribution in [3.05, 3.63) is 12.7 Å². The molecule has 0 aliphatic heterocycles. The second-order valence-electron chi connectivity index (χ2n) is 6.91. The van der Waals surface area contributed by atoms with Crippen molar-refractivity contribution < 1.29 is 14.6 Å². The van der Waals surface area contributed by atoms with E-state index in [4.69, 9.17) is 4.74 Å². The maximum Gasteiger partial charge on any atom is 0.407 e. The zero-order chi connectivity index (χ0) is 13.6. The first-order valence-corrected chi connectivity index (χ1v) is 6.51. The van der Waals surface area contributed by atoms with Crippen LogP contribution in [0.3, 0.4) is 0 Å². The Morgan fingerprint density at radius 1 is 1.44 bits per heavy atom. The van der Waals surface area contributed by atoms with Gasteiger partial charge in [-0.3, -0.25) is 0 Å². The van der Waals surface area contributed by atoms with Crippen LogP contribution in [0.2, 0.25) is 0 Å². The van der Waals surface area contributed by atoms with Crippen molar-refractivity contribution in [2.45, 2.75) is 63.7 Å². The summed E-state index contributed by atoms with van der Waals surface area (Å²) < 4.78 is 5.21. The van der Waals surface area contributed by atoms with Crippen LogP contribution in [0.4, 0.5) is 4.79 Å². The summed E-state index contributed by atoms with van der Waals surface area (Å²) in [5.74, 6) is 0. The molecule has 0 heterocycles. The van der Waals surface area contributed by atoms with Gasteiger partial charge >= 0.3 is 6.09 Å². The highest BCUT2D eigenvalue weighted by Gasteiger charge is 2.58. The number of carbonyl (C=O) groups excluding carboxylic acids is 1. The minimum atomic E-state index is -0.670. The summed E-state index contributed by atoms with van der Waals surface area (Å²) >= 11 is 0. The minimum absolute atomic E-state index is 0.189. The Labute approximate surface area is 108 Å². The van der Waals surface area contributed by atoms with Crippen LogP contribution in [0.25, 0.3) is 0 Å². The van der Waals surface area contributed by atoms with Gasteiger partial charge in [0.2, 0.25) is 0 Å². The fraction of sp³-hybridized carbons (Fsp3) is 0.786. The van der Waals surface area contributed by atoms with Gasteiger partial charge in [0.1, 0.15) is 5.60 Å². The van der Waals surface area contributed by atoms with E-state index in [1.807, 2.05) is 20.8 Å². The Balaban J connectivity index is 1.72. The van der Waals surface area contributed by atoms with Crippen LogP contribution < -0.4 is 5.32 Å². The van der Waals surface area contributed by atoms with Crippen LogP contribution in [-0.2, 0) is 4.74 Å². The summed E-state index contributed by atoms with van der Waals surface area (Å²) in [6.45, 7) is 9.20. The topological polar surface area (TPSA) is 58.6 Å². The van der Waals surface area contributed by atoms with E-state index in [0.717, 1.165) is 25.7 Å². The quantitative estimate of drug-likeness (QED) is 0.743. The Morgan fingerprint density at radius 2 is 2.00 bits per heavy atom. The highest BCUT2D eigenvalue weighted by atomic mass is 16.6. The zero-order valence-corrected chi connectivity index (χ0v) is 11.5. The van der Waals surface area contributed by atoms with Gasteiger partial charge in [-0.15, -0.1) is 6.58 Å². The molecule has 2 aliphatic rings. The molecule has 2 N–H and O–H groups in total. The standard InChI is InChI=1S/C14H23NO3/c1-5-14(17)8-13(9-14)6-10(7-13)15-11(16)18-12(2,3)4/h5,10,17H,1,6-9H2,2-4H3,(H,15,16). The van der Waals surface area contributed by atoms with Crippen LogP contribution in [-0.4, -0.2) is 28.4 Å². The lowest BCUT2D eigenvalue weighted by Gasteiger charge is -2.60. The number of alkyl carbamates (subject to hydrolysis) is 1. The van der Waals surface area contributed by atoms with Crippen molar-refractivity contribution in [3.63, 3.8) is 0 Å². The molecule has 2 rings (SSSR count). The normalized spacial score (nSPS) is 38.6. The SMILES string of the molecule is C=CC1(O)CC2(CC(NC(=O)OC(C)(C)C)C2)C1. The van der Waals surface area contributed by atoms with E-state index in [1.165, 1.54) is 0 Å². The highest BCUT2D eigenvalue weighted by Crippen LogP contribution is 2.60. The molecule has 18 heavy (non-hydrogen) atoms. The molecule has 4 nitrogen and oxygen atoms in total. The van der Waals surface area contributed by atoms with Crippen LogP contribution in [0.15, 0.2) is 12.7 Å².